The zero-order valence-corrected chi connectivity index (χ0v) is 8.37. The van der Waals surface area contributed by atoms with Crippen LogP contribution in [0.3, 0.4) is 0 Å². The molecule has 0 amide bonds. The molecule has 2 heteroatoms. The third-order valence-electron chi connectivity index (χ3n) is 2.43. The Hall–Kier alpha value is -1.57. The molecule has 71 valence electrons. The van der Waals surface area contributed by atoms with Gasteiger partial charge in [-0.1, -0.05) is 29.4 Å². The lowest BCUT2D eigenvalue weighted by Crippen LogP contribution is -1.84. The van der Waals surface area contributed by atoms with E-state index in [0.29, 0.717) is 0 Å². The van der Waals surface area contributed by atoms with E-state index in [1.807, 2.05) is 38.1 Å². The van der Waals surface area contributed by atoms with Crippen LogP contribution in [0.2, 0.25) is 0 Å². The highest BCUT2D eigenvalue weighted by Crippen LogP contribution is 2.26. The lowest BCUT2D eigenvalue weighted by Gasteiger charge is -2.01. The number of nitrogens with zero attached hydrogens (tertiary/aromatic N) is 1. The Balaban J connectivity index is 2.60. The molecule has 1 aromatic heterocycles. The zero-order valence-electron chi connectivity index (χ0n) is 8.37. The van der Waals surface area contributed by atoms with Gasteiger partial charge in [0.15, 0.2) is 0 Å². The van der Waals surface area contributed by atoms with Crippen LogP contribution < -0.4 is 0 Å². The number of aryl methyl sites for hydroxylation is 1. The number of aromatic nitrogens is 1. The molecular formula is C12H12NO. The summed E-state index contributed by atoms with van der Waals surface area (Å²) in [5.41, 5.74) is 4.00. The van der Waals surface area contributed by atoms with E-state index < -0.39 is 0 Å². The minimum Gasteiger partial charge on any atom is -0.361 e. The van der Waals surface area contributed by atoms with Gasteiger partial charge in [-0.05, 0) is 26.3 Å². The average molecular weight is 186 g/mol. The molecule has 2 rings (SSSR count). The smallest absolute Gasteiger partial charge is 0.137 e. The third kappa shape index (κ3) is 1.33. The van der Waals surface area contributed by atoms with Crippen molar-refractivity contribution in [3.05, 3.63) is 48.1 Å². The number of hydrogen-bond donors (Lipinski definition) is 0. The van der Waals surface area contributed by atoms with Crippen LogP contribution in [-0.2, 0) is 0 Å². The molecule has 0 aliphatic rings. The van der Waals surface area contributed by atoms with Gasteiger partial charge in [-0.25, -0.2) is 0 Å². The van der Waals surface area contributed by atoms with E-state index in [-0.39, 0.29) is 0 Å². The molecule has 2 nitrogen and oxygen atoms in total. The van der Waals surface area contributed by atoms with Crippen molar-refractivity contribution in [3.63, 3.8) is 0 Å². The van der Waals surface area contributed by atoms with Crippen molar-refractivity contribution < 1.29 is 4.52 Å². The molecule has 0 bridgehead atoms. The van der Waals surface area contributed by atoms with Gasteiger partial charge in [-0.3, -0.25) is 0 Å². The maximum Gasteiger partial charge on any atom is 0.137 e. The molecule has 0 unspecified atom stereocenters. The first-order chi connectivity index (χ1) is 6.70. The van der Waals surface area contributed by atoms with Crippen molar-refractivity contribution in [1.82, 2.24) is 5.16 Å². The Kier molecular flexibility index (Phi) is 2.12. The molecule has 0 atom stereocenters. The highest BCUT2D eigenvalue weighted by molar-refractivity contribution is 5.67. The Morgan fingerprint density at radius 3 is 2.50 bits per heavy atom. The minimum absolute atomic E-state index is 0.864. The van der Waals surface area contributed by atoms with E-state index in [4.69, 9.17) is 4.52 Å². The summed E-state index contributed by atoms with van der Waals surface area (Å²) in [4.78, 5) is 0. The fourth-order valence-electron chi connectivity index (χ4n) is 1.42. The molecule has 0 saturated heterocycles. The maximum atomic E-state index is 5.13. The molecule has 2 aromatic rings. The van der Waals surface area contributed by atoms with Gasteiger partial charge in [0.2, 0.25) is 0 Å². The Morgan fingerprint density at radius 2 is 1.93 bits per heavy atom. The maximum absolute atomic E-state index is 5.13. The standard InChI is InChI=1S/C12H12NO/c1-8-6-4-5-7-11(8)12-9(2)10(3)14-13-12/h4-7H,1H2,2-3H3. The molecule has 0 fully saturated rings. The van der Waals surface area contributed by atoms with Crippen LogP contribution in [0.15, 0.2) is 28.8 Å². The van der Waals surface area contributed by atoms with Gasteiger partial charge in [0, 0.05) is 11.1 Å². The van der Waals surface area contributed by atoms with Gasteiger partial charge < -0.3 is 4.52 Å². The van der Waals surface area contributed by atoms with Crippen molar-refractivity contribution in [3.8, 4) is 11.3 Å². The monoisotopic (exact) mass is 186 g/mol. The molecule has 0 saturated carbocycles. The van der Waals surface area contributed by atoms with Crippen molar-refractivity contribution in [1.29, 1.82) is 0 Å². The minimum atomic E-state index is 0.864. The number of rotatable bonds is 1. The van der Waals surface area contributed by atoms with Gasteiger partial charge in [0.25, 0.3) is 0 Å². The summed E-state index contributed by atoms with van der Waals surface area (Å²) in [5.74, 6) is 0.864. The molecule has 1 radical (unpaired) electrons. The molecule has 0 spiro atoms. The van der Waals surface area contributed by atoms with E-state index >= 15 is 0 Å². The lowest BCUT2D eigenvalue weighted by molar-refractivity contribution is 0.398. The summed E-state index contributed by atoms with van der Waals surface area (Å²) in [7, 11) is 0. The molecule has 14 heavy (non-hydrogen) atoms. The first kappa shape index (κ1) is 9.00. The van der Waals surface area contributed by atoms with Gasteiger partial charge >= 0.3 is 0 Å². The quantitative estimate of drug-likeness (QED) is 0.683. The molecule has 0 aliphatic carbocycles. The molecule has 0 aliphatic heterocycles. The van der Waals surface area contributed by atoms with Gasteiger partial charge in [-0.15, -0.1) is 0 Å². The second-order valence-corrected chi connectivity index (χ2v) is 3.37. The largest absolute Gasteiger partial charge is 0.361 e. The topological polar surface area (TPSA) is 26.0 Å². The van der Waals surface area contributed by atoms with Crippen LogP contribution in [0.25, 0.3) is 11.3 Å². The summed E-state index contributed by atoms with van der Waals surface area (Å²) < 4.78 is 5.13. The Morgan fingerprint density at radius 1 is 1.21 bits per heavy atom. The van der Waals surface area contributed by atoms with Crippen molar-refractivity contribution in [2.24, 2.45) is 0 Å². The number of hydrogen-bond acceptors (Lipinski definition) is 2. The Labute approximate surface area is 83.5 Å². The van der Waals surface area contributed by atoms with Gasteiger partial charge in [0.05, 0.1) is 0 Å². The summed E-state index contributed by atoms with van der Waals surface area (Å²) in [6.45, 7) is 7.89. The van der Waals surface area contributed by atoms with Crippen LogP contribution in [0.4, 0.5) is 0 Å². The molecule has 1 heterocycles. The zero-order chi connectivity index (χ0) is 10.1. The molecule has 0 N–H and O–H groups in total. The van der Waals surface area contributed by atoms with Gasteiger partial charge in [-0.2, -0.15) is 0 Å². The predicted molar refractivity (Wildman–Crippen MR) is 55.9 cm³/mol. The van der Waals surface area contributed by atoms with E-state index in [0.717, 1.165) is 28.1 Å². The van der Waals surface area contributed by atoms with Crippen LogP contribution in [0, 0.1) is 20.8 Å². The third-order valence-corrected chi connectivity index (χ3v) is 2.43. The predicted octanol–water partition coefficient (Wildman–Crippen LogP) is 3.14. The van der Waals surface area contributed by atoms with Crippen LogP contribution in [0.1, 0.15) is 16.9 Å². The van der Waals surface area contributed by atoms with Crippen LogP contribution >= 0.6 is 0 Å². The summed E-state index contributed by atoms with van der Waals surface area (Å²) in [6.07, 6.45) is 0. The summed E-state index contributed by atoms with van der Waals surface area (Å²) in [5, 5.41) is 4.03. The number of benzene rings is 1. The van der Waals surface area contributed by atoms with Crippen LogP contribution in [-0.4, -0.2) is 5.16 Å². The fourth-order valence-corrected chi connectivity index (χ4v) is 1.42. The first-order valence-corrected chi connectivity index (χ1v) is 4.54. The molecular weight excluding hydrogens is 174 g/mol. The van der Waals surface area contributed by atoms with E-state index in [9.17, 15) is 0 Å². The second-order valence-electron chi connectivity index (χ2n) is 3.37. The van der Waals surface area contributed by atoms with Gasteiger partial charge in [0.1, 0.15) is 11.5 Å². The van der Waals surface area contributed by atoms with E-state index in [2.05, 4.69) is 12.1 Å². The van der Waals surface area contributed by atoms with Crippen molar-refractivity contribution in [2.45, 2.75) is 13.8 Å². The first-order valence-electron chi connectivity index (χ1n) is 4.54. The SMILES string of the molecule is [CH2]c1ccccc1-c1noc(C)c1C. The summed E-state index contributed by atoms with van der Waals surface area (Å²) >= 11 is 0. The Bertz CT molecular complexity index is 457. The highest BCUT2D eigenvalue weighted by Gasteiger charge is 2.11. The second kappa shape index (κ2) is 3.29. The summed E-state index contributed by atoms with van der Waals surface area (Å²) in [6, 6.07) is 7.92. The van der Waals surface area contributed by atoms with Crippen LogP contribution in [0.5, 0.6) is 0 Å². The van der Waals surface area contributed by atoms with E-state index in [1.165, 1.54) is 0 Å². The highest BCUT2D eigenvalue weighted by atomic mass is 16.5. The lowest BCUT2D eigenvalue weighted by atomic mass is 10.0. The average Bonchev–Trinajstić information content (AvgIpc) is 2.49. The van der Waals surface area contributed by atoms with E-state index in [1.54, 1.807) is 0 Å². The van der Waals surface area contributed by atoms with Crippen molar-refractivity contribution in [2.75, 3.05) is 0 Å². The van der Waals surface area contributed by atoms with Crippen molar-refractivity contribution >= 4 is 0 Å². The fraction of sp³-hybridized carbons (Fsp3) is 0.167. The normalized spacial score (nSPS) is 10.5. The molecule has 1 aromatic carbocycles.